The zero-order chi connectivity index (χ0) is 15.0. The summed E-state index contributed by atoms with van der Waals surface area (Å²) >= 11 is 0. The number of hydrogen-bond donors (Lipinski definition) is 1. The highest BCUT2D eigenvalue weighted by molar-refractivity contribution is 6.69. The van der Waals surface area contributed by atoms with Crippen molar-refractivity contribution in [2.24, 2.45) is 0 Å². The second kappa shape index (κ2) is 5.36. The van der Waals surface area contributed by atoms with E-state index in [1.165, 1.54) is 6.33 Å². The van der Waals surface area contributed by atoms with E-state index < -0.39 is 8.32 Å². The third kappa shape index (κ3) is 3.07. The third-order valence-electron chi connectivity index (χ3n) is 3.48. The number of hydrogen-bond acceptors (Lipinski definition) is 6. The third-order valence-corrected chi connectivity index (χ3v) is 4.52. The Hall–Kier alpha value is -1.51. The Bertz CT molecular complexity index is 639. The van der Waals surface area contributed by atoms with Crippen LogP contribution >= 0.6 is 0 Å². The molecule has 3 heterocycles. The van der Waals surface area contributed by atoms with Crippen LogP contribution in [0.2, 0.25) is 19.6 Å². The molecule has 2 aromatic heterocycles. The number of rotatable bonds is 4. The molecule has 1 saturated heterocycles. The molecule has 7 nitrogen and oxygen atoms in total. The summed E-state index contributed by atoms with van der Waals surface area (Å²) in [6, 6.07) is 0. The maximum absolute atomic E-state index is 6.07. The van der Waals surface area contributed by atoms with Crippen molar-refractivity contribution in [3.63, 3.8) is 0 Å². The van der Waals surface area contributed by atoms with Crippen LogP contribution in [-0.2, 0) is 9.16 Å². The molecule has 2 N–H and O–H groups in total. The lowest BCUT2D eigenvalue weighted by molar-refractivity contribution is -0.0172. The van der Waals surface area contributed by atoms with E-state index >= 15 is 0 Å². The molecule has 0 aromatic carbocycles. The van der Waals surface area contributed by atoms with Crippen molar-refractivity contribution < 1.29 is 9.16 Å². The van der Waals surface area contributed by atoms with Gasteiger partial charge in [0, 0.05) is 0 Å². The normalized spacial score (nSPS) is 23.0. The average molecular weight is 307 g/mol. The maximum atomic E-state index is 6.07. The SMILES string of the molecule is C[Si](C)(C)OC[C@@H]1CC[C@H](n2cnc3c(N)ncnc32)O1. The topological polar surface area (TPSA) is 88.1 Å². The van der Waals surface area contributed by atoms with Gasteiger partial charge in [0.2, 0.25) is 0 Å². The fraction of sp³-hybridized carbons (Fsp3) is 0.615. The highest BCUT2D eigenvalue weighted by Gasteiger charge is 2.29. The van der Waals surface area contributed by atoms with Crippen LogP contribution in [0.5, 0.6) is 0 Å². The van der Waals surface area contributed by atoms with Gasteiger partial charge in [-0.2, -0.15) is 0 Å². The van der Waals surface area contributed by atoms with E-state index in [0.29, 0.717) is 17.9 Å². The van der Waals surface area contributed by atoms with Gasteiger partial charge in [-0.25, -0.2) is 15.0 Å². The monoisotopic (exact) mass is 307 g/mol. The van der Waals surface area contributed by atoms with E-state index in [2.05, 4.69) is 34.6 Å². The summed E-state index contributed by atoms with van der Waals surface area (Å²) in [5, 5.41) is 0. The Kier molecular flexibility index (Phi) is 3.68. The second-order valence-electron chi connectivity index (χ2n) is 6.30. The number of fused-ring (bicyclic) bond motifs is 1. The molecule has 1 aliphatic rings. The molecule has 0 unspecified atom stereocenters. The van der Waals surface area contributed by atoms with Crippen LogP contribution in [0.15, 0.2) is 12.7 Å². The van der Waals surface area contributed by atoms with Gasteiger partial charge in [0.05, 0.1) is 19.0 Å². The lowest BCUT2D eigenvalue weighted by Gasteiger charge is -2.21. The van der Waals surface area contributed by atoms with Crippen LogP contribution in [0.25, 0.3) is 11.2 Å². The van der Waals surface area contributed by atoms with Gasteiger partial charge >= 0.3 is 0 Å². The molecule has 2 aromatic rings. The van der Waals surface area contributed by atoms with E-state index in [1.54, 1.807) is 6.33 Å². The molecule has 114 valence electrons. The fourth-order valence-corrected chi connectivity index (χ4v) is 3.12. The van der Waals surface area contributed by atoms with Gasteiger partial charge in [-0.05, 0) is 32.5 Å². The molecule has 0 amide bonds. The van der Waals surface area contributed by atoms with Gasteiger partial charge in [0.25, 0.3) is 0 Å². The zero-order valence-electron chi connectivity index (χ0n) is 12.6. The number of aromatic nitrogens is 4. The first-order valence-electron chi connectivity index (χ1n) is 7.16. The summed E-state index contributed by atoms with van der Waals surface area (Å²) in [5.41, 5.74) is 7.16. The Morgan fingerprint density at radius 3 is 2.90 bits per heavy atom. The minimum atomic E-state index is -1.50. The maximum Gasteiger partial charge on any atom is 0.183 e. The van der Waals surface area contributed by atoms with Crippen molar-refractivity contribution >= 4 is 25.3 Å². The Morgan fingerprint density at radius 1 is 1.33 bits per heavy atom. The number of nitrogen functional groups attached to an aromatic ring is 1. The summed E-state index contributed by atoms with van der Waals surface area (Å²) in [5.74, 6) is 0.398. The summed E-state index contributed by atoms with van der Waals surface area (Å²) in [4.78, 5) is 12.5. The molecule has 0 radical (unpaired) electrons. The summed E-state index contributed by atoms with van der Waals surface area (Å²) in [6.45, 7) is 7.21. The zero-order valence-corrected chi connectivity index (χ0v) is 13.6. The summed E-state index contributed by atoms with van der Waals surface area (Å²) < 4.78 is 13.9. The Labute approximate surface area is 124 Å². The number of ether oxygens (including phenoxy) is 1. The summed E-state index contributed by atoms with van der Waals surface area (Å²) in [6.07, 6.45) is 5.17. The molecule has 3 rings (SSSR count). The van der Waals surface area contributed by atoms with Crippen LogP contribution in [0.1, 0.15) is 19.1 Å². The molecule has 0 aliphatic carbocycles. The molecule has 0 saturated carbocycles. The Morgan fingerprint density at radius 2 is 2.14 bits per heavy atom. The van der Waals surface area contributed by atoms with Crippen molar-refractivity contribution in [1.82, 2.24) is 19.5 Å². The minimum Gasteiger partial charge on any atom is -0.415 e. The Balaban J connectivity index is 1.72. The fourth-order valence-electron chi connectivity index (χ4n) is 2.44. The highest BCUT2D eigenvalue weighted by Crippen LogP contribution is 2.31. The lowest BCUT2D eigenvalue weighted by Crippen LogP contribution is -2.30. The van der Waals surface area contributed by atoms with E-state index in [4.69, 9.17) is 14.9 Å². The highest BCUT2D eigenvalue weighted by atomic mass is 28.4. The van der Waals surface area contributed by atoms with Gasteiger partial charge in [-0.3, -0.25) is 4.57 Å². The lowest BCUT2D eigenvalue weighted by atomic mass is 10.2. The van der Waals surface area contributed by atoms with E-state index in [9.17, 15) is 0 Å². The van der Waals surface area contributed by atoms with Crippen LogP contribution in [0.3, 0.4) is 0 Å². The number of imidazole rings is 1. The molecule has 1 fully saturated rings. The molecule has 0 bridgehead atoms. The van der Waals surface area contributed by atoms with Gasteiger partial charge < -0.3 is 14.9 Å². The van der Waals surface area contributed by atoms with Crippen LogP contribution in [0.4, 0.5) is 5.82 Å². The molecular weight excluding hydrogens is 286 g/mol. The standard InChI is InChI=1S/C13H21N5O2Si/c1-21(2,3)19-6-9-4-5-10(20-9)18-8-17-11-12(14)15-7-16-13(11)18/h7-10H,4-6H2,1-3H3,(H2,14,15,16)/t9-,10+/m0/s1. The first kappa shape index (κ1) is 14.4. The molecule has 1 aliphatic heterocycles. The minimum absolute atomic E-state index is 0.0560. The number of nitrogens with two attached hydrogens (primary N) is 1. The summed E-state index contributed by atoms with van der Waals surface area (Å²) in [7, 11) is -1.50. The van der Waals surface area contributed by atoms with Gasteiger partial charge in [0.1, 0.15) is 18.1 Å². The van der Waals surface area contributed by atoms with E-state index in [0.717, 1.165) is 18.5 Å². The van der Waals surface area contributed by atoms with Crippen LogP contribution in [-0.4, -0.2) is 40.5 Å². The van der Waals surface area contributed by atoms with Gasteiger partial charge in [0.15, 0.2) is 19.8 Å². The van der Waals surface area contributed by atoms with E-state index in [1.807, 2.05) is 4.57 Å². The smallest absolute Gasteiger partial charge is 0.183 e. The molecular formula is C13H21N5O2Si. The van der Waals surface area contributed by atoms with Crippen molar-refractivity contribution in [3.8, 4) is 0 Å². The van der Waals surface area contributed by atoms with Crippen LogP contribution in [0, 0.1) is 0 Å². The van der Waals surface area contributed by atoms with Gasteiger partial charge in [-0.15, -0.1) is 0 Å². The number of anilines is 1. The largest absolute Gasteiger partial charge is 0.415 e. The first-order chi connectivity index (χ1) is 9.94. The second-order valence-corrected chi connectivity index (χ2v) is 10.8. The van der Waals surface area contributed by atoms with Crippen molar-refractivity contribution in [3.05, 3.63) is 12.7 Å². The molecule has 8 heteroatoms. The predicted octanol–water partition coefficient (Wildman–Crippen LogP) is 1.94. The van der Waals surface area contributed by atoms with Crippen molar-refractivity contribution in [2.75, 3.05) is 12.3 Å². The van der Waals surface area contributed by atoms with Crippen LogP contribution < -0.4 is 5.73 Å². The first-order valence-corrected chi connectivity index (χ1v) is 10.6. The van der Waals surface area contributed by atoms with Gasteiger partial charge in [-0.1, -0.05) is 0 Å². The molecule has 2 atom stereocenters. The molecule has 0 spiro atoms. The van der Waals surface area contributed by atoms with Crippen molar-refractivity contribution in [2.45, 2.75) is 44.8 Å². The predicted molar refractivity (Wildman–Crippen MR) is 82.2 cm³/mol. The van der Waals surface area contributed by atoms with Crippen molar-refractivity contribution in [1.29, 1.82) is 0 Å². The van der Waals surface area contributed by atoms with E-state index in [-0.39, 0.29) is 12.3 Å². The quantitative estimate of drug-likeness (QED) is 0.868. The molecule has 21 heavy (non-hydrogen) atoms. The number of nitrogens with zero attached hydrogens (tertiary/aromatic N) is 4. The average Bonchev–Trinajstić information content (AvgIpc) is 3.02.